The summed E-state index contributed by atoms with van der Waals surface area (Å²) < 4.78 is 0. The van der Waals surface area contributed by atoms with Gasteiger partial charge in [-0.05, 0) is 43.7 Å². The number of nitrogens with one attached hydrogen (secondary N) is 2. The minimum absolute atomic E-state index is 0.0919. The minimum Gasteiger partial charge on any atom is -0.348 e. The van der Waals surface area contributed by atoms with Crippen LogP contribution in [0.15, 0.2) is 30.3 Å². The Hall–Kier alpha value is -1.56. The molecule has 2 N–H and O–H groups in total. The minimum atomic E-state index is -0.287. The zero-order chi connectivity index (χ0) is 17.0. The van der Waals surface area contributed by atoms with Crippen LogP contribution in [0.4, 0.5) is 0 Å². The normalized spacial score (nSPS) is 11.8. The maximum absolute atomic E-state index is 12.0. The molecule has 0 spiro atoms. The van der Waals surface area contributed by atoms with Crippen molar-refractivity contribution in [2.45, 2.75) is 19.9 Å². The molecule has 0 bridgehead atoms. The van der Waals surface area contributed by atoms with E-state index in [0.717, 1.165) is 10.4 Å². The lowest BCUT2D eigenvalue weighted by Crippen LogP contribution is -2.37. The van der Waals surface area contributed by atoms with Crippen LogP contribution in [0.5, 0.6) is 0 Å². The van der Waals surface area contributed by atoms with Crippen molar-refractivity contribution in [1.82, 2.24) is 10.6 Å². The quantitative estimate of drug-likeness (QED) is 0.836. The molecule has 1 aromatic carbocycles. The fourth-order valence-electron chi connectivity index (χ4n) is 2.03. The SMILES string of the molecule is Cc1ccc(C(=O)NCC(=O)NC(C)c2ccc(Cl)cc2Cl)s1. The molecule has 0 aliphatic carbocycles. The molecule has 0 saturated carbocycles. The molecule has 7 heteroatoms. The molecule has 0 aliphatic rings. The van der Waals surface area contributed by atoms with Crippen molar-refractivity contribution in [2.24, 2.45) is 0 Å². The van der Waals surface area contributed by atoms with Crippen LogP contribution < -0.4 is 10.6 Å². The molecule has 0 radical (unpaired) electrons. The second kappa shape index (κ2) is 7.81. The predicted octanol–water partition coefficient (Wildman–Crippen LogP) is 3.97. The summed E-state index contributed by atoms with van der Waals surface area (Å²) in [6.07, 6.45) is 0. The van der Waals surface area contributed by atoms with E-state index in [0.29, 0.717) is 14.9 Å². The lowest BCUT2D eigenvalue weighted by molar-refractivity contribution is -0.120. The van der Waals surface area contributed by atoms with E-state index in [1.54, 1.807) is 24.3 Å². The first-order valence-electron chi connectivity index (χ1n) is 6.95. The zero-order valence-electron chi connectivity index (χ0n) is 12.7. The summed E-state index contributed by atoms with van der Waals surface area (Å²) in [4.78, 5) is 25.5. The van der Waals surface area contributed by atoms with Gasteiger partial charge in [-0.25, -0.2) is 0 Å². The number of hydrogen-bond acceptors (Lipinski definition) is 3. The van der Waals surface area contributed by atoms with Crippen molar-refractivity contribution in [1.29, 1.82) is 0 Å². The fraction of sp³-hybridized carbons (Fsp3) is 0.250. The molecule has 0 saturated heterocycles. The van der Waals surface area contributed by atoms with Gasteiger partial charge in [0.05, 0.1) is 17.5 Å². The van der Waals surface area contributed by atoms with Gasteiger partial charge in [0.25, 0.3) is 5.91 Å². The first-order valence-corrected chi connectivity index (χ1v) is 8.53. The van der Waals surface area contributed by atoms with Gasteiger partial charge in [-0.3, -0.25) is 9.59 Å². The van der Waals surface area contributed by atoms with Crippen molar-refractivity contribution in [3.63, 3.8) is 0 Å². The van der Waals surface area contributed by atoms with Crippen molar-refractivity contribution in [2.75, 3.05) is 6.54 Å². The Morgan fingerprint density at radius 3 is 2.57 bits per heavy atom. The summed E-state index contributed by atoms with van der Waals surface area (Å²) >= 11 is 13.4. The van der Waals surface area contributed by atoms with Crippen LogP contribution in [0.1, 0.15) is 33.1 Å². The molecule has 1 aromatic heterocycles. The van der Waals surface area contributed by atoms with Crippen LogP contribution in [0.3, 0.4) is 0 Å². The van der Waals surface area contributed by atoms with Gasteiger partial charge in [-0.1, -0.05) is 29.3 Å². The summed E-state index contributed by atoms with van der Waals surface area (Å²) in [6.45, 7) is 3.65. The first kappa shape index (κ1) is 17.8. The Labute approximate surface area is 148 Å². The largest absolute Gasteiger partial charge is 0.348 e. The third-order valence-electron chi connectivity index (χ3n) is 3.18. The van der Waals surface area contributed by atoms with Crippen molar-refractivity contribution in [3.8, 4) is 0 Å². The molecule has 2 amide bonds. The van der Waals surface area contributed by atoms with Crippen LogP contribution in [0.25, 0.3) is 0 Å². The van der Waals surface area contributed by atoms with E-state index in [1.807, 2.05) is 19.9 Å². The van der Waals surface area contributed by atoms with Gasteiger partial charge < -0.3 is 10.6 Å². The highest BCUT2D eigenvalue weighted by Crippen LogP contribution is 2.25. The molecular formula is C16H16Cl2N2O2S. The summed E-state index contributed by atoms with van der Waals surface area (Å²) in [7, 11) is 0. The molecule has 2 rings (SSSR count). The lowest BCUT2D eigenvalue weighted by Gasteiger charge is -2.16. The van der Waals surface area contributed by atoms with Crippen LogP contribution >= 0.6 is 34.5 Å². The zero-order valence-corrected chi connectivity index (χ0v) is 15.0. The smallest absolute Gasteiger partial charge is 0.261 e. The summed E-state index contributed by atoms with van der Waals surface area (Å²) in [5.41, 5.74) is 0.768. The van der Waals surface area contributed by atoms with E-state index in [9.17, 15) is 9.59 Å². The summed E-state index contributed by atoms with van der Waals surface area (Å²) in [5.74, 6) is -0.541. The summed E-state index contributed by atoms with van der Waals surface area (Å²) in [5, 5.41) is 6.42. The fourth-order valence-corrected chi connectivity index (χ4v) is 3.38. The highest BCUT2D eigenvalue weighted by Gasteiger charge is 2.14. The summed E-state index contributed by atoms with van der Waals surface area (Å²) in [6, 6.07) is 8.43. The second-order valence-electron chi connectivity index (χ2n) is 5.05. The molecule has 4 nitrogen and oxygen atoms in total. The van der Waals surface area contributed by atoms with E-state index < -0.39 is 0 Å². The number of aryl methyl sites for hydroxylation is 1. The van der Waals surface area contributed by atoms with Gasteiger partial charge in [-0.2, -0.15) is 0 Å². The maximum Gasteiger partial charge on any atom is 0.261 e. The molecule has 0 aliphatic heterocycles. The van der Waals surface area contributed by atoms with E-state index in [-0.39, 0.29) is 24.4 Å². The number of amides is 2. The topological polar surface area (TPSA) is 58.2 Å². The van der Waals surface area contributed by atoms with Crippen LogP contribution in [0.2, 0.25) is 10.0 Å². The molecule has 122 valence electrons. The van der Waals surface area contributed by atoms with Gasteiger partial charge in [0.1, 0.15) is 0 Å². The Morgan fingerprint density at radius 1 is 1.22 bits per heavy atom. The molecule has 2 aromatic rings. The Kier molecular flexibility index (Phi) is 6.04. The van der Waals surface area contributed by atoms with E-state index >= 15 is 0 Å². The number of halogens is 2. The maximum atomic E-state index is 12.0. The monoisotopic (exact) mass is 370 g/mol. The van der Waals surface area contributed by atoms with Crippen molar-refractivity contribution >= 4 is 46.4 Å². The molecule has 1 heterocycles. The van der Waals surface area contributed by atoms with Crippen LogP contribution in [-0.2, 0) is 4.79 Å². The second-order valence-corrected chi connectivity index (χ2v) is 7.18. The van der Waals surface area contributed by atoms with Gasteiger partial charge >= 0.3 is 0 Å². The first-order chi connectivity index (χ1) is 10.9. The van der Waals surface area contributed by atoms with E-state index in [1.165, 1.54) is 11.3 Å². The standard InChI is InChI=1S/C16H16Cl2N2O2S/c1-9-3-6-14(23-9)16(22)19-8-15(21)20-10(2)12-5-4-11(17)7-13(12)18/h3-7,10H,8H2,1-2H3,(H,19,22)(H,20,21). The number of thiophene rings is 1. The third kappa shape index (κ3) is 4.96. The Balaban J connectivity index is 1.88. The number of hydrogen-bond donors (Lipinski definition) is 2. The number of rotatable bonds is 5. The average Bonchev–Trinajstić information content (AvgIpc) is 2.91. The van der Waals surface area contributed by atoms with Gasteiger partial charge in [-0.15, -0.1) is 11.3 Å². The number of benzene rings is 1. The lowest BCUT2D eigenvalue weighted by atomic mass is 10.1. The van der Waals surface area contributed by atoms with Gasteiger partial charge in [0, 0.05) is 14.9 Å². The highest BCUT2D eigenvalue weighted by atomic mass is 35.5. The molecule has 23 heavy (non-hydrogen) atoms. The predicted molar refractivity (Wildman–Crippen MR) is 94.4 cm³/mol. The molecule has 1 atom stereocenters. The molecular weight excluding hydrogens is 355 g/mol. The van der Waals surface area contributed by atoms with E-state index in [2.05, 4.69) is 10.6 Å². The van der Waals surface area contributed by atoms with Crippen LogP contribution in [-0.4, -0.2) is 18.4 Å². The Bertz CT molecular complexity index is 731. The molecule has 1 unspecified atom stereocenters. The van der Waals surface area contributed by atoms with E-state index in [4.69, 9.17) is 23.2 Å². The third-order valence-corrected chi connectivity index (χ3v) is 4.74. The average molecular weight is 371 g/mol. The van der Waals surface area contributed by atoms with Crippen molar-refractivity contribution in [3.05, 3.63) is 55.7 Å². The molecule has 0 fully saturated rings. The van der Waals surface area contributed by atoms with Gasteiger partial charge in [0.15, 0.2) is 0 Å². The number of carbonyl (C=O) groups excluding carboxylic acids is 2. The van der Waals surface area contributed by atoms with Gasteiger partial charge in [0.2, 0.25) is 5.91 Å². The number of carbonyl (C=O) groups is 2. The Morgan fingerprint density at radius 2 is 1.96 bits per heavy atom. The van der Waals surface area contributed by atoms with Crippen LogP contribution in [0, 0.1) is 6.92 Å². The highest BCUT2D eigenvalue weighted by molar-refractivity contribution is 7.13. The van der Waals surface area contributed by atoms with Crippen molar-refractivity contribution < 1.29 is 9.59 Å².